The number of hydrogen-bond donors (Lipinski definition) is 32. The molecule has 3 rings (SSSR count). The molecule has 0 unspecified atom stereocenters. The quantitative estimate of drug-likeness (QED) is 0.0127. The third kappa shape index (κ3) is 40.5. The molecule has 21 amide bonds. The van der Waals surface area contributed by atoms with Gasteiger partial charge in [-0.1, -0.05) is 52.3 Å². The third-order valence-electron chi connectivity index (χ3n) is 20.4. The van der Waals surface area contributed by atoms with Crippen LogP contribution in [0.4, 0.5) is 4.79 Å². The van der Waals surface area contributed by atoms with Gasteiger partial charge >= 0.3 is 23.9 Å². The zero-order chi connectivity index (χ0) is 101. The number of carbonyl (C=O) groups is 23. The lowest BCUT2D eigenvalue weighted by Gasteiger charge is -2.30. The summed E-state index contributed by atoms with van der Waals surface area (Å²) in [5.41, 5.74) is 27.7. The van der Waals surface area contributed by atoms with Crippen LogP contribution in [0.5, 0.6) is 0 Å². The zero-order valence-electron chi connectivity index (χ0n) is 74.0. The van der Waals surface area contributed by atoms with Gasteiger partial charge in [0, 0.05) is 67.5 Å². The molecule has 16 atom stereocenters. The maximum absolute atomic E-state index is 14.2. The first-order valence-electron chi connectivity index (χ1n) is 42.2. The number of nitrogens with one attached hydrogen (secondary N) is 20. The lowest BCUT2D eigenvalue weighted by atomic mass is 9.96. The highest BCUT2D eigenvalue weighted by atomic mass is 32.1. The van der Waals surface area contributed by atoms with Crippen molar-refractivity contribution in [3.63, 3.8) is 0 Å². The molecule has 1 aromatic carbocycles. The van der Waals surface area contributed by atoms with Crippen molar-refractivity contribution in [3.05, 3.63) is 36.0 Å². The molecule has 0 spiro atoms. The number of urea groups is 1. The summed E-state index contributed by atoms with van der Waals surface area (Å²) < 4.78 is 0. The summed E-state index contributed by atoms with van der Waals surface area (Å²) in [7, 11) is 0. The van der Waals surface area contributed by atoms with Gasteiger partial charge in [-0.05, 0) is 81.8 Å². The number of carbonyl (C=O) groups excluding carboxylic acids is 20. The van der Waals surface area contributed by atoms with E-state index in [0.717, 1.165) is 11.8 Å². The number of rotatable bonds is 61. The molecule has 56 heteroatoms. The number of aliphatic carboxylic acids is 3. The van der Waals surface area contributed by atoms with Gasteiger partial charge in [-0.15, -0.1) is 0 Å². The van der Waals surface area contributed by atoms with Gasteiger partial charge in [0.2, 0.25) is 112 Å². The standard InChI is InChI=1S/C78H122N26O28S2/c1-6-36(4)61(102-74(128)62(37(5)106)103-67(121)47(26-59(115)116)98-63(117)40(79)17-19-52(80)107)73(127)101-60(35(2)3)72(126)91-31-55(110)93-45(24-38-27-87-41-13-8-7-12-39(38)41)65(119)89-29-57(112)95-50(34-134)70(124)99-46(25-58(113)114)66(120)100-48(32-105)68(122)96-42(14-9-22-86-78(84)132)64(118)88-28-56(111)94-49(33-133)69(123)97-43(15-10-21-85-77(82)83)75(129)104-23-11-16-51(104)71(125)90-30-54(109)92-44(76(130)131)18-20-53(81)108/h7-8,12-13,27,35-37,40,42-51,60-62,87,105-106,133-134H,6,9-11,14-26,28-34,79H2,1-5H3,(H2,80,107)(H2,81,108)(H,88,118)(H,89,119)(H,90,125)(H,91,126)(H,92,109)(H,93,110)(H,94,111)(H,95,112)(H,96,122)(H,97,123)(H,98,117)(H,99,124)(H,100,120)(H,101,127)(H,102,128)(H,103,121)(H,113,114)(H,115,116)(H,130,131)(H4,82,83,85)(H3,84,86,132)/t36-,37+,40-,42-,43-,44-,45-,46-,47-,48-,49-,50-,51-,60-,61-,62-/m0/s1. The molecule has 744 valence electrons. The van der Waals surface area contributed by atoms with Crippen molar-refractivity contribution >= 4 is 178 Å². The van der Waals surface area contributed by atoms with E-state index in [1.54, 1.807) is 31.2 Å². The molecule has 1 aliphatic rings. The smallest absolute Gasteiger partial charge is 0.326 e. The lowest BCUT2D eigenvalue weighted by molar-refractivity contribution is -0.143. The Kier molecular flexibility index (Phi) is 49.7. The van der Waals surface area contributed by atoms with Crippen LogP contribution < -0.4 is 124 Å². The molecule has 0 bridgehead atoms. The fourth-order valence-corrected chi connectivity index (χ4v) is 13.5. The maximum Gasteiger partial charge on any atom is 0.326 e. The number of benzene rings is 1. The summed E-state index contributed by atoms with van der Waals surface area (Å²) in [4.78, 5) is 307. The van der Waals surface area contributed by atoms with Crippen LogP contribution in [0, 0.1) is 17.2 Å². The van der Waals surface area contributed by atoms with Gasteiger partial charge in [0.15, 0.2) is 5.96 Å². The lowest BCUT2D eigenvalue weighted by Crippen LogP contribution is -2.62. The third-order valence-corrected chi connectivity index (χ3v) is 21.2. The number of hydrogen-bond acceptors (Lipinski definition) is 29. The molecule has 35 N–H and O–H groups in total. The number of H-pyrrole nitrogens is 1. The number of nitrogens with two attached hydrogens (primary N) is 5. The molecule has 134 heavy (non-hydrogen) atoms. The fraction of sp³-hybridized carbons (Fsp3) is 0.590. The van der Waals surface area contributed by atoms with Crippen molar-refractivity contribution < 1.29 is 136 Å². The van der Waals surface area contributed by atoms with Crippen molar-refractivity contribution in [2.75, 3.05) is 63.9 Å². The van der Waals surface area contributed by atoms with E-state index in [1.807, 2.05) is 0 Å². The van der Waals surface area contributed by atoms with Crippen LogP contribution in [0.1, 0.15) is 124 Å². The van der Waals surface area contributed by atoms with Crippen LogP contribution >= 0.6 is 25.3 Å². The number of aliphatic hydroxyl groups is 2. The monoisotopic (exact) mass is 1930 g/mol. The van der Waals surface area contributed by atoms with Crippen molar-refractivity contribution in [2.24, 2.45) is 40.5 Å². The maximum atomic E-state index is 14.2. The van der Waals surface area contributed by atoms with E-state index in [-0.39, 0.29) is 96.7 Å². The molecule has 0 saturated carbocycles. The van der Waals surface area contributed by atoms with Crippen molar-refractivity contribution in [1.82, 2.24) is 106 Å². The fourth-order valence-electron chi connectivity index (χ4n) is 13.0. The van der Waals surface area contributed by atoms with Crippen LogP contribution in [-0.4, -0.2) is 332 Å². The number of primary amides is 3. The molecule has 2 aromatic rings. The van der Waals surface area contributed by atoms with E-state index in [2.05, 4.69) is 126 Å². The summed E-state index contributed by atoms with van der Waals surface area (Å²) in [6.45, 7) is 2.31. The van der Waals surface area contributed by atoms with Crippen LogP contribution in [0.3, 0.4) is 0 Å². The minimum Gasteiger partial charge on any atom is -0.481 e. The van der Waals surface area contributed by atoms with Crippen molar-refractivity contribution in [3.8, 4) is 0 Å². The number of guanidine groups is 1. The Bertz CT molecular complexity index is 4540. The molecule has 1 saturated heterocycles. The SMILES string of the molecule is CC[C@H](C)[C@H](NC(=O)[C@@H](NC(=O)[C@H](CC(=O)O)NC(=O)[C@@H](N)CCC(N)=O)[C@@H](C)O)C(=O)N[C@H](C(=O)NCC(=O)N[C@@H](Cc1c[nH]c2ccccc12)C(=O)NCC(=O)N[C@@H](CS)C(=O)N[C@@H](CC(=O)O)C(=O)N[C@@H](CO)C(=O)N[C@@H](CCCNC(N)=O)C(=O)NCC(=O)N[C@@H](CS)C(=O)N[C@@H](CCCNC(=N)N)C(=O)N1CCC[C@H]1C(=O)NCC(=O)N[C@@H](CCC(N)=O)C(=O)O)C(C)C. The molecule has 0 aliphatic carbocycles. The molecular weight excluding hydrogens is 1810 g/mol. The van der Waals surface area contributed by atoms with Gasteiger partial charge in [0.05, 0.1) is 57.8 Å². The number of aromatic nitrogens is 1. The summed E-state index contributed by atoms with van der Waals surface area (Å²) in [6, 6.07) is -17.3. The number of likely N-dealkylation sites (tertiary alicyclic amines) is 1. The zero-order valence-corrected chi connectivity index (χ0v) is 75.8. The number of amides is 21. The highest BCUT2D eigenvalue weighted by Crippen LogP contribution is 2.22. The number of para-hydroxylation sites is 1. The van der Waals surface area contributed by atoms with E-state index in [0.29, 0.717) is 16.5 Å². The van der Waals surface area contributed by atoms with Crippen molar-refractivity contribution in [1.29, 1.82) is 5.41 Å². The van der Waals surface area contributed by atoms with Gasteiger partial charge in [0.1, 0.15) is 78.5 Å². The van der Waals surface area contributed by atoms with Crippen LogP contribution in [-0.2, 0) is 112 Å². The number of fused-ring (bicyclic) bond motifs is 1. The van der Waals surface area contributed by atoms with Gasteiger partial charge in [0.25, 0.3) is 0 Å². The second-order valence-electron chi connectivity index (χ2n) is 31.4. The number of carboxylic acid groups (broad SMARTS) is 3. The average Bonchev–Trinajstić information content (AvgIpc) is 1.76. The number of thiol groups is 2. The summed E-state index contributed by atoms with van der Waals surface area (Å²) >= 11 is 8.29. The van der Waals surface area contributed by atoms with Crippen LogP contribution in [0.15, 0.2) is 30.5 Å². The van der Waals surface area contributed by atoms with Gasteiger partial charge in [-0.2, -0.15) is 25.3 Å². The Labute approximate surface area is 777 Å². The predicted octanol–water partition coefficient (Wildman–Crippen LogP) is -12.5. The topological polar surface area (TPSA) is 883 Å². The van der Waals surface area contributed by atoms with E-state index in [1.165, 1.54) is 27.0 Å². The molecule has 54 nitrogen and oxygen atoms in total. The molecule has 1 fully saturated rings. The van der Waals surface area contributed by atoms with Gasteiger partial charge in [-0.25, -0.2) is 9.59 Å². The first-order chi connectivity index (χ1) is 63.1. The highest BCUT2D eigenvalue weighted by Gasteiger charge is 2.42. The molecular formula is C78H122N26O28S2. The first-order valence-corrected chi connectivity index (χ1v) is 43.5. The summed E-state index contributed by atoms with van der Waals surface area (Å²) in [5, 5.41) is 99.7. The Balaban J connectivity index is 1.75. The van der Waals surface area contributed by atoms with Gasteiger partial charge in [-0.3, -0.25) is 106 Å². The van der Waals surface area contributed by atoms with Crippen LogP contribution in [0.2, 0.25) is 0 Å². The highest BCUT2D eigenvalue weighted by molar-refractivity contribution is 7.80. The largest absolute Gasteiger partial charge is 0.481 e. The number of aliphatic hydroxyl groups excluding tert-OH is 2. The Morgan fingerprint density at radius 1 is 0.485 bits per heavy atom. The Morgan fingerprint density at radius 3 is 1.43 bits per heavy atom. The number of nitrogens with zero attached hydrogens (tertiary/aromatic N) is 1. The van der Waals surface area contributed by atoms with Crippen LogP contribution in [0.25, 0.3) is 10.9 Å². The minimum atomic E-state index is -2.12. The number of aromatic amines is 1. The van der Waals surface area contributed by atoms with Crippen molar-refractivity contribution in [2.45, 2.75) is 215 Å². The molecule has 1 aliphatic heterocycles. The minimum absolute atomic E-state index is 0.0182. The second kappa shape index (κ2) is 58.2. The first kappa shape index (κ1) is 114. The Morgan fingerprint density at radius 2 is 0.925 bits per heavy atom. The molecule has 1 aromatic heterocycles. The second-order valence-corrected chi connectivity index (χ2v) is 32.1. The van der Waals surface area contributed by atoms with E-state index < -0.39 is 302 Å². The predicted molar refractivity (Wildman–Crippen MR) is 476 cm³/mol. The molecule has 2 heterocycles. The number of carboxylic acids is 3. The summed E-state index contributed by atoms with van der Waals surface area (Å²) in [5.74, 6) is -27.8. The molecule has 0 radical (unpaired) electrons. The average molecular weight is 1940 g/mol. The van der Waals surface area contributed by atoms with E-state index >= 15 is 0 Å². The summed E-state index contributed by atoms with van der Waals surface area (Å²) in [6.07, 6.45) is -4.10. The van der Waals surface area contributed by atoms with E-state index in [9.17, 15) is 136 Å². The van der Waals surface area contributed by atoms with E-state index in [4.69, 9.17) is 34.1 Å². The van der Waals surface area contributed by atoms with Gasteiger partial charge < -0.3 is 160 Å². The Hall–Kier alpha value is -13.8. The normalized spacial score (nSPS) is 15.5.